The summed E-state index contributed by atoms with van der Waals surface area (Å²) in [4.78, 5) is 25.2. The van der Waals surface area contributed by atoms with Crippen molar-refractivity contribution >= 4 is 11.8 Å². The summed E-state index contributed by atoms with van der Waals surface area (Å²) in [6, 6.07) is 0. The van der Waals surface area contributed by atoms with E-state index in [1.165, 1.54) is 4.90 Å². The van der Waals surface area contributed by atoms with Crippen LogP contribution in [-0.4, -0.2) is 41.5 Å². The fourth-order valence-corrected chi connectivity index (χ4v) is 1.70. The molecular weight excluding hydrogens is 234 g/mol. The highest BCUT2D eigenvalue weighted by atomic mass is 16.5. The van der Waals surface area contributed by atoms with Gasteiger partial charge in [-0.05, 0) is 27.7 Å². The molecule has 0 aliphatic heterocycles. The molecule has 0 unspecified atom stereocenters. The highest BCUT2D eigenvalue weighted by Gasteiger charge is 2.23. The summed E-state index contributed by atoms with van der Waals surface area (Å²) in [6.45, 7) is 8.12. The van der Waals surface area contributed by atoms with Gasteiger partial charge in [-0.2, -0.15) is 0 Å². The minimum Gasteiger partial charge on any atom is -0.361 e. The van der Waals surface area contributed by atoms with Crippen molar-refractivity contribution in [2.24, 2.45) is 0 Å². The molecule has 0 radical (unpaired) electrons. The number of amides is 2. The molecule has 0 aromatic carbocycles. The number of hydrogen-bond donors (Lipinski definition) is 1. The molecule has 1 aromatic rings. The number of carbonyl (C=O) groups is 2. The number of likely N-dealkylation sites (N-methyl/N-ethyl adjacent to an activating group) is 2. The van der Waals surface area contributed by atoms with Crippen LogP contribution < -0.4 is 5.32 Å². The summed E-state index contributed by atoms with van der Waals surface area (Å²) in [5, 5.41) is 6.41. The van der Waals surface area contributed by atoms with E-state index in [1.54, 1.807) is 13.8 Å². The Morgan fingerprint density at radius 1 is 1.33 bits per heavy atom. The number of carbonyl (C=O) groups excluding carboxylic acids is 2. The lowest BCUT2D eigenvalue weighted by atomic mass is 10.2. The summed E-state index contributed by atoms with van der Waals surface area (Å²) >= 11 is 0. The number of aryl methyl sites for hydroxylation is 2. The van der Waals surface area contributed by atoms with Gasteiger partial charge in [0.15, 0.2) is 0 Å². The van der Waals surface area contributed by atoms with Gasteiger partial charge in [-0.1, -0.05) is 5.16 Å². The van der Waals surface area contributed by atoms with Crippen LogP contribution in [0.15, 0.2) is 4.52 Å². The maximum absolute atomic E-state index is 12.3. The third-order valence-corrected chi connectivity index (χ3v) is 2.62. The Hall–Kier alpha value is -1.85. The number of hydrogen-bond acceptors (Lipinski definition) is 4. The summed E-state index contributed by atoms with van der Waals surface area (Å²) in [7, 11) is 0. The second-order valence-electron chi connectivity index (χ2n) is 3.97. The van der Waals surface area contributed by atoms with Gasteiger partial charge >= 0.3 is 0 Å². The molecule has 0 spiro atoms. The van der Waals surface area contributed by atoms with Crippen molar-refractivity contribution in [2.75, 3.05) is 19.6 Å². The standard InChI is InChI=1S/C12H19N3O3/c1-5-13-10(16)7-15(6-2)12(17)11-8(3)14-18-9(11)4/h5-7H2,1-4H3,(H,13,16). The molecular formula is C12H19N3O3. The molecule has 0 saturated heterocycles. The SMILES string of the molecule is CCNC(=O)CN(CC)C(=O)c1c(C)noc1C. The smallest absolute Gasteiger partial charge is 0.259 e. The summed E-state index contributed by atoms with van der Waals surface area (Å²) in [5.41, 5.74) is 0.994. The van der Waals surface area contributed by atoms with E-state index in [0.717, 1.165) is 0 Å². The van der Waals surface area contributed by atoms with Crippen molar-refractivity contribution in [1.29, 1.82) is 0 Å². The molecule has 1 heterocycles. The predicted octanol–water partition coefficient (Wildman–Crippen LogP) is 0.890. The van der Waals surface area contributed by atoms with E-state index >= 15 is 0 Å². The first kappa shape index (κ1) is 14.2. The van der Waals surface area contributed by atoms with E-state index in [4.69, 9.17) is 4.52 Å². The van der Waals surface area contributed by atoms with Crippen molar-refractivity contribution in [1.82, 2.24) is 15.4 Å². The molecule has 6 nitrogen and oxygen atoms in total. The Balaban J connectivity index is 2.83. The Morgan fingerprint density at radius 3 is 2.44 bits per heavy atom. The van der Waals surface area contributed by atoms with Gasteiger partial charge in [0.05, 0.1) is 12.2 Å². The molecule has 0 fully saturated rings. The summed E-state index contributed by atoms with van der Waals surface area (Å²) < 4.78 is 4.97. The third kappa shape index (κ3) is 3.09. The van der Waals surface area contributed by atoms with Gasteiger partial charge in [-0.15, -0.1) is 0 Å². The lowest BCUT2D eigenvalue weighted by molar-refractivity contribution is -0.121. The Bertz CT molecular complexity index is 420. The second kappa shape index (κ2) is 6.18. The van der Waals surface area contributed by atoms with Gasteiger partial charge in [0.2, 0.25) is 5.91 Å². The molecule has 6 heteroatoms. The van der Waals surface area contributed by atoms with Crippen molar-refractivity contribution in [3.8, 4) is 0 Å². The van der Waals surface area contributed by atoms with Crippen LogP contribution in [0.3, 0.4) is 0 Å². The van der Waals surface area contributed by atoms with Crippen LogP contribution in [0.5, 0.6) is 0 Å². The molecule has 1 rings (SSSR count). The van der Waals surface area contributed by atoms with Crippen LogP contribution in [0.1, 0.15) is 35.7 Å². The Morgan fingerprint density at radius 2 is 2.00 bits per heavy atom. The normalized spacial score (nSPS) is 10.2. The van der Waals surface area contributed by atoms with Crippen LogP contribution >= 0.6 is 0 Å². The monoisotopic (exact) mass is 253 g/mol. The minimum atomic E-state index is -0.222. The van der Waals surface area contributed by atoms with E-state index in [2.05, 4.69) is 10.5 Å². The fraction of sp³-hybridized carbons (Fsp3) is 0.583. The van der Waals surface area contributed by atoms with Crippen LogP contribution in [0, 0.1) is 13.8 Å². The quantitative estimate of drug-likeness (QED) is 0.845. The van der Waals surface area contributed by atoms with Crippen LogP contribution in [0.2, 0.25) is 0 Å². The lowest BCUT2D eigenvalue weighted by Gasteiger charge is -2.19. The molecule has 100 valence electrons. The van der Waals surface area contributed by atoms with Crippen molar-refractivity contribution in [2.45, 2.75) is 27.7 Å². The van der Waals surface area contributed by atoms with Gasteiger partial charge in [0.25, 0.3) is 5.91 Å². The van der Waals surface area contributed by atoms with Crippen molar-refractivity contribution in [3.05, 3.63) is 17.0 Å². The molecule has 0 aliphatic carbocycles. The van der Waals surface area contributed by atoms with Crippen LogP contribution in [-0.2, 0) is 4.79 Å². The van der Waals surface area contributed by atoms with Crippen LogP contribution in [0.25, 0.3) is 0 Å². The summed E-state index contributed by atoms with van der Waals surface area (Å²) in [6.07, 6.45) is 0. The van der Waals surface area contributed by atoms with Gasteiger partial charge in [-0.25, -0.2) is 0 Å². The topological polar surface area (TPSA) is 75.4 Å². The first-order valence-electron chi connectivity index (χ1n) is 6.00. The third-order valence-electron chi connectivity index (χ3n) is 2.62. The molecule has 1 N–H and O–H groups in total. The molecule has 2 amide bonds. The average molecular weight is 253 g/mol. The molecule has 0 aliphatic rings. The highest BCUT2D eigenvalue weighted by Crippen LogP contribution is 2.14. The van der Waals surface area contributed by atoms with Crippen molar-refractivity contribution in [3.63, 3.8) is 0 Å². The van der Waals surface area contributed by atoms with Crippen LogP contribution in [0.4, 0.5) is 0 Å². The first-order valence-corrected chi connectivity index (χ1v) is 6.00. The first-order chi connectivity index (χ1) is 8.51. The van der Waals surface area contributed by atoms with E-state index in [-0.39, 0.29) is 18.4 Å². The zero-order valence-electron chi connectivity index (χ0n) is 11.2. The van der Waals surface area contributed by atoms with Gasteiger partial charge in [0, 0.05) is 13.1 Å². The second-order valence-corrected chi connectivity index (χ2v) is 3.97. The molecule has 18 heavy (non-hydrogen) atoms. The highest BCUT2D eigenvalue weighted by molar-refractivity contribution is 5.98. The average Bonchev–Trinajstić information content (AvgIpc) is 2.65. The predicted molar refractivity (Wildman–Crippen MR) is 66.2 cm³/mol. The lowest BCUT2D eigenvalue weighted by Crippen LogP contribution is -2.40. The zero-order valence-corrected chi connectivity index (χ0v) is 11.2. The fourth-order valence-electron chi connectivity index (χ4n) is 1.70. The van der Waals surface area contributed by atoms with Gasteiger partial charge in [-0.3, -0.25) is 9.59 Å². The number of aromatic nitrogens is 1. The largest absolute Gasteiger partial charge is 0.361 e. The van der Waals surface area contributed by atoms with Gasteiger partial charge < -0.3 is 14.7 Å². The number of nitrogens with zero attached hydrogens (tertiary/aromatic N) is 2. The molecule has 0 saturated carbocycles. The van der Waals surface area contributed by atoms with E-state index < -0.39 is 0 Å². The van der Waals surface area contributed by atoms with Crippen molar-refractivity contribution < 1.29 is 14.1 Å². The minimum absolute atomic E-state index is 0.0488. The Labute approximate surface area is 106 Å². The van der Waals surface area contributed by atoms with E-state index in [9.17, 15) is 9.59 Å². The molecule has 0 bridgehead atoms. The van der Waals surface area contributed by atoms with Gasteiger partial charge in [0.1, 0.15) is 11.3 Å². The zero-order chi connectivity index (χ0) is 13.7. The summed E-state index contributed by atoms with van der Waals surface area (Å²) in [5.74, 6) is 0.0892. The van der Waals surface area contributed by atoms with E-state index in [0.29, 0.717) is 30.1 Å². The molecule has 0 atom stereocenters. The van der Waals surface area contributed by atoms with E-state index in [1.807, 2.05) is 13.8 Å². The number of nitrogens with one attached hydrogen (secondary N) is 1. The molecule has 1 aromatic heterocycles. The maximum atomic E-state index is 12.3. The Kier molecular flexibility index (Phi) is 4.88. The number of rotatable bonds is 5. The maximum Gasteiger partial charge on any atom is 0.259 e.